The lowest BCUT2D eigenvalue weighted by Gasteiger charge is -2.44. The SMILES string of the molecule is C#CCCC(=O)N[C@H]1[C@H]([C@H](O)[C@H](O)CO)O[C@](O)(C(=O)O)C[C@@H]1O. The molecule has 0 bridgehead atoms. The minimum absolute atomic E-state index is 0.0890. The van der Waals surface area contributed by atoms with E-state index in [4.69, 9.17) is 21.4 Å². The fourth-order valence-electron chi connectivity index (χ4n) is 2.34. The minimum Gasteiger partial charge on any atom is -0.477 e. The molecule has 1 aliphatic heterocycles. The Morgan fingerprint density at radius 2 is 2.04 bits per heavy atom. The molecule has 0 aromatic carbocycles. The van der Waals surface area contributed by atoms with Crippen molar-refractivity contribution in [1.29, 1.82) is 0 Å². The van der Waals surface area contributed by atoms with E-state index >= 15 is 0 Å². The molecule has 1 rings (SSSR count). The second-order valence-electron chi connectivity index (χ2n) is 5.48. The number of hydrogen-bond acceptors (Lipinski definition) is 8. The topological polar surface area (TPSA) is 177 Å². The molecule has 1 heterocycles. The van der Waals surface area contributed by atoms with Crippen LogP contribution in [0.3, 0.4) is 0 Å². The Morgan fingerprint density at radius 3 is 2.54 bits per heavy atom. The maximum Gasteiger partial charge on any atom is 0.364 e. The van der Waals surface area contributed by atoms with E-state index in [-0.39, 0.29) is 12.8 Å². The van der Waals surface area contributed by atoms with Gasteiger partial charge in [-0.3, -0.25) is 4.79 Å². The minimum atomic E-state index is -2.82. The molecule has 1 fully saturated rings. The lowest BCUT2D eigenvalue weighted by molar-refractivity contribution is -0.295. The fraction of sp³-hybridized carbons (Fsp3) is 0.714. The van der Waals surface area contributed by atoms with Crippen LogP contribution in [0.1, 0.15) is 19.3 Å². The highest BCUT2D eigenvalue weighted by atomic mass is 16.7. The van der Waals surface area contributed by atoms with E-state index in [0.717, 1.165) is 0 Å². The second-order valence-corrected chi connectivity index (χ2v) is 5.48. The average molecular weight is 347 g/mol. The van der Waals surface area contributed by atoms with Gasteiger partial charge in [0.1, 0.15) is 18.3 Å². The summed E-state index contributed by atoms with van der Waals surface area (Å²) in [5, 5.41) is 59.8. The Kier molecular flexibility index (Phi) is 7.09. The van der Waals surface area contributed by atoms with Gasteiger partial charge in [-0.2, -0.15) is 0 Å². The highest BCUT2D eigenvalue weighted by Gasteiger charge is 2.53. The summed E-state index contributed by atoms with van der Waals surface area (Å²) in [6.07, 6.45) is -2.63. The van der Waals surface area contributed by atoms with Crippen molar-refractivity contribution in [2.75, 3.05) is 6.61 Å². The number of aliphatic hydroxyl groups is 5. The van der Waals surface area contributed by atoms with Crippen molar-refractivity contribution in [2.45, 2.75) is 55.5 Å². The summed E-state index contributed by atoms with van der Waals surface area (Å²) in [7, 11) is 0. The molecule has 1 aliphatic rings. The molecular formula is C14H21NO9. The van der Waals surface area contributed by atoms with Crippen LogP contribution in [0.2, 0.25) is 0 Å². The molecule has 0 aromatic heterocycles. The zero-order chi connectivity index (χ0) is 18.5. The van der Waals surface area contributed by atoms with Crippen LogP contribution < -0.4 is 5.32 Å². The third kappa shape index (κ3) is 4.64. The first-order chi connectivity index (χ1) is 11.2. The number of ether oxygens (including phenoxy) is 1. The maximum absolute atomic E-state index is 11.8. The molecule has 0 radical (unpaired) electrons. The third-order valence-corrected chi connectivity index (χ3v) is 3.66. The van der Waals surface area contributed by atoms with Gasteiger partial charge in [-0.25, -0.2) is 4.79 Å². The van der Waals surface area contributed by atoms with Crippen LogP contribution in [0.15, 0.2) is 0 Å². The van der Waals surface area contributed by atoms with E-state index in [9.17, 15) is 30.0 Å². The van der Waals surface area contributed by atoms with Crippen molar-refractivity contribution in [3.63, 3.8) is 0 Å². The third-order valence-electron chi connectivity index (χ3n) is 3.66. The predicted molar refractivity (Wildman–Crippen MR) is 77.2 cm³/mol. The fourth-order valence-corrected chi connectivity index (χ4v) is 2.34. The first-order valence-electron chi connectivity index (χ1n) is 7.17. The standard InChI is InChI=1S/C14H21NO9/c1-2-3-4-9(19)15-10-7(17)5-14(23,13(21)22)24-12(10)11(20)8(18)6-16/h1,7-8,10-12,16-18,20,23H,3-6H2,(H,15,19)(H,21,22)/t7-,8+,10+,11+,12+,14-/m0/s1. The average Bonchev–Trinajstić information content (AvgIpc) is 2.53. The highest BCUT2D eigenvalue weighted by molar-refractivity contribution is 5.77. The van der Waals surface area contributed by atoms with Crippen LogP contribution in [-0.2, 0) is 14.3 Å². The number of carbonyl (C=O) groups excluding carboxylic acids is 1. The number of hydrogen-bond donors (Lipinski definition) is 7. The lowest BCUT2D eigenvalue weighted by Crippen LogP contribution is -2.67. The first-order valence-corrected chi connectivity index (χ1v) is 7.17. The van der Waals surface area contributed by atoms with Gasteiger partial charge in [0, 0.05) is 19.3 Å². The summed E-state index contributed by atoms with van der Waals surface area (Å²) in [6, 6.07) is -1.33. The Labute approximate surface area is 137 Å². The molecule has 0 aromatic rings. The number of carboxylic acid groups (broad SMARTS) is 1. The van der Waals surface area contributed by atoms with Gasteiger partial charge in [-0.15, -0.1) is 12.3 Å². The van der Waals surface area contributed by atoms with Gasteiger partial charge in [-0.05, 0) is 0 Å². The molecule has 136 valence electrons. The Hall–Kier alpha value is -1.74. The molecule has 0 saturated carbocycles. The molecule has 24 heavy (non-hydrogen) atoms. The van der Waals surface area contributed by atoms with Crippen molar-refractivity contribution in [3.05, 3.63) is 0 Å². The van der Waals surface area contributed by atoms with Gasteiger partial charge < -0.3 is 40.7 Å². The quantitative estimate of drug-likeness (QED) is 0.230. The summed E-state index contributed by atoms with van der Waals surface area (Å²) in [6.45, 7) is -0.889. The summed E-state index contributed by atoms with van der Waals surface area (Å²) >= 11 is 0. The van der Waals surface area contributed by atoms with Crippen molar-refractivity contribution >= 4 is 11.9 Å². The second kappa shape index (κ2) is 8.39. The number of aliphatic carboxylic acids is 1. The van der Waals surface area contributed by atoms with Crippen molar-refractivity contribution in [3.8, 4) is 12.3 Å². The number of carbonyl (C=O) groups is 2. The van der Waals surface area contributed by atoms with Gasteiger partial charge in [0.05, 0.1) is 18.8 Å². The van der Waals surface area contributed by atoms with Crippen LogP contribution in [0.4, 0.5) is 0 Å². The van der Waals surface area contributed by atoms with Crippen LogP contribution in [0.5, 0.6) is 0 Å². The van der Waals surface area contributed by atoms with Gasteiger partial charge in [-0.1, -0.05) is 0 Å². The smallest absolute Gasteiger partial charge is 0.364 e. The summed E-state index contributed by atoms with van der Waals surface area (Å²) < 4.78 is 4.93. The maximum atomic E-state index is 11.8. The summed E-state index contributed by atoms with van der Waals surface area (Å²) in [5.41, 5.74) is 0. The number of nitrogens with one attached hydrogen (secondary N) is 1. The van der Waals surface area contributed by atoms with Crippen molar-refractivity contribution in [2.24, 2.45) is 0 Å². The Bertz CT molecular complexity index is 505. The number of aliphatic hydroxyl groups excluding tert-OH is 4. The van der Waals surface area contributed by atoms with Crippen LogP contribution in [0.25, 0.3) is 0 Å². The van der Waals surface area contributed by atoms with E-state index in [1.54, 1.807) is 0 Å². The number of terminal acetylenes is 1. The highest BCUT2D eigenvalue weighted by Crippen LogP contribution is 2.30. The van der Waals surface area contributed by atoms with Gasteiger partial charge in [0.25, 0.3) is 5.79 Å². The molecule has 10 heteroatoms. The molecule has 0 unspecified atom stereocenters. The lowest BCUT2D eigenvalue weighted by atomic mass is 9.88. The van der Waals surface area contributed by atoms with Crippen molar-refractivity contribution in [1.82, 2.24) is 5.32 Å². The summed E-state index contributed by atoms with van der Waals surface area (Å²) in [5.74, 6) is -2.99. The van der Waals surface area contributed by atoms with Crippen LogP contribution in [-0.4, -0.2) is 85.4 Å². The summed E-state index contributed by atoms with van der Waals surface area (Å²) in [4.78, 5) is 22.9. The molecule has 7 N–H and O–H groups in total. The van der Waals surface area contributed by atoms with Gasteiger partial charge in [0.2, 0.25) is 5.91 Å². The van der Waals surface area contributed by atoms with Gasteiger partial charge >= 0.3 is 5.97 Å². The van der Waals surface area contributed by atoms with E-state index in [0.29, 0.717) is 0 Å². The van der Waals surface area contributed by atoms with E-state index in [1.165, 1.54) is 0 Å². The molecular weight excluding hydrogens is 326 g/mol. The van der Waals surface area contributed by atoms with Crippen molar-refractivity contribution < 1.29 is 45.0 Å². The zero-order valence-electron chi connectivity index (χ0n) is 12.7. The van der Waals surface area contributed by atoms with Gasteiger partial charge in [0.15, 0.2) is 0 Å². The zero-order valence-corrected chi connectivity index (χ0v) is 12.7. The first kappa shape index (κ1) is 20.3. The number of amides is 1. The molecule has 0 aliphatic carbocycles. The number of rotatable bonds is 7. The van der Waals surface area contributed by atoms with Crippen LogP contribution >= 0.6 is 0 Å². The van der Waals surface area contributed by atoms with Crippen LogP contribution in [0, 0.1) is 12.3 Å². The number of carboxylic acids is 1. The predicted octanol–water partition coefficient (Wildman–Crippen LogP) is -3.48. The molecule has 10 nitrogen and oxygen atoms in total. The molecule has 0 spiro atoms. The Balaban J connectivity index is 3.02. The normalized spacial score (nSPS) is 32.4. The Morgan fingerprint density at radius 1 is 1.42 bits per heavy atom. The monoisotopic (exact) mass is 347 g/mol. The van der Waals surface area contributed by atoms with E-state index in [1.807, 2.05) is 0 Å². The largest absolute Gasteiger partial charge is 0.477 e. The molecule has 6 atom stereocenters. The van der Waals surface area contributed by atoms with E-state index in [2.05, 4.69) is 11.2 Å². The van der Waals surface area contributed by atoms with E-state index < -0.39 is 61.1 Å². The molecule has 1 saturated heterocycles. The molecule has 1 amide bonds.